The molecule has 1 heterocycles. The van der Waals surface area contributed by atoms with Crippen molar-refractivity contribution in [1.82, 2.24) is 5.32 Å². The standard InChI is InChI=1S/C10H13NO2/c1-2-7-8-5-6(11-10(7)13)3-4-9(8)12/h2,6,8H,3-5H2,1H3,(H,11,13). The molecule has 2 bridgehead atoms. The van der Waals surface area contributed by atoms with Gasteiger partial charge >= 0.3 is 0 Å². The van der Waals surface area contributed by atoms with Gasteiger partial charge in [0.15, 0.2) is 0 Å². The Morgan fingerprint density at radius 3 is 2.92 bits per heavy atom. The second kappa shape index (κ2) is 2.98. The minimum absolute atomic E-state index is 0.0446. The molecule has 0 aromatic carbocycles. The first-order valence-electron chi connectivity index (χ1n) is 4.72. The summed E-state index contributed by atoms with van der Waals surface area (Å²) in [7, 11) is 0. The molecule has 1 saturated carbocycles. The number of Topliss-reactive ketones (excluding diaryl/α,β-unsaturated/α-hetero) is 1. The van der Waals surface area contributed by atoms with Crippen molar-refractivity contribution in [3.8, 4) is 0 Å². The molecule has 0 aromatic heterocycles. The van der Waals surface area contributed by atoms with E-state index in [1.807, 2.05) is 6.92 Å². The predicted octanol–water partition coefficient (Wildman–Crippen LogP) is 0.800. The van der Waals surface area contributed by atoms with E-state index in [1.54, 1.807) is 6.08 Å². The van der Waals surface area contributed by atoms with E-state index in [0.717, 1.165) is 12.8 Å². The molecule has 2 rings (SSSR count). The van der Waals surface area contributed by atoms with E-state index in [1.165, 1.54) is 0 Å². The van der Waals surface area contributed by atoms with Gasteiger partial charge in [0.05, 0.1) is 0 Å². The maximum atomic E-state index is 11.5. The van der Waals surface area contributed by atoms with Gasteiger partial charge in [-0.15, -0.1) is 0 Å². The average molecular weight is 179 g/mol. The van der Waals surface area contributed by atoms with Crippen LogP contribution in [0.4, 0.5) is 0 Å². The van der Waals surface area contributed by atoms with Gasteiger partial charge in [-0.25, -0.2) is 0 Å². The molecule has 2 fully saturated rings. The molecule has 1 N–H and O–H groups in total. The number of hydrogen-bond donors (Lipinski definition) is 1. The molecule has 70 valence electrons. The molecular formula is C10H13NO2. The molecule has 1 amide bonds. The number of amides is 1. The van der Waals surface area contributed by atoms with Gasteiger partial charge in [-0.1, -0.05) is 6.08 Å². The van der Waals surface area contributed by atoms with Crippen LogP contribution >= 0.6 is 0 Å². The summed E-state index contributed by atoms with van der Waals surface area (Å²) < 4.78 is 0. The van der Waals surface area contributed by atoms with Crippen LogP contribution < -0.4 is 5.32 Å². The van der Waals surface area contributed by atoms with Gasteiger partial charge in [-0.05, 0) is 19.8 Å². The van der Waals surface area contributed by atoms with Gasteiger partial charge in [-0.2, -0.15) is 0 Å². The number of ketones is 1. The second-order valence-corrected chi connectivity index (χ2v) is 3.71. The van der Waals surface area contributed by atoms with Gasteiger partial charge in [0.2, 0.25) is 5.91 Å². The lowest BCUT2D eigenvalue weighted by Crippen LogP contribution is -2.49. The van der Waals surface area contributed by atoms with Crippen molar-refractivity contribution in [3.63, 3.8) is 0 Å². The minimum Gasteiger partial charge on any atom is -0.350 e. The lowest BCUT2D eigenvalue weighted by atomic mass is 9.76. The molecule has 0 radical (unpaired) electrons. The zero-order valence-electron chi connectivity index (χ0n) is 7.67. The third-order valence-corrected chi connectivity index (χ3v) is 2.93. The smallest absolute Gasteiger partial charge is 0.247 e. The topological polar surface area (TPSA) is 46.2 Å². The molecule has 3 nitrogen and oxygen atoms in total. The summed E-state index contributed by atoms with van der Waals surface area (Å²) in [5.74, 6) is 0.0773. The summed E-state index contributed by atoms with van der Waals surface area (Å²) in [6.07, 6.45) is 4.01. The first kappa shape index (κ1) is 8.48. The third-order valence-electron chi connectivity index (χ3n) is 2.93. The summed E-state index contributed by atoms with van der Waals surface area (Å²) in [5.41, 5.74) is 0.668. The van der Waals surface area contributed by atoms with Crippen LogP contribution in [0.2, 0.25) is 0 Å². The number of rotatable bonds is 0. The zero-order chi connectivity index (χ0) is 9.42. The number of carbonyl (C=O) groups excluding carboxylic acids is 2. The van der Waals surface area contributed by atoms with Gasteiger partial charge in [-0.3, -0.25) is 9.59 Å². The van der Waals surface area contributed by atoms with Crippen molar-refractivity contribution < 1.29 is 9.59 Å². The second-order valence-electron chi connectivity index (χ2n) is 3.71. The fraction of sp³-hybridized carbons (Fsp3) is 0.600. The largest absolute Gasteiger partial charge is 0.350 e. The Morgan fingerprint density at radius 1 is 1.46 bits per heavy atom. The summed E-state index contributed by atoms with van der Waals surface area (Å²) in [5, 5.41) is 2.91. The summed E-state index contributed by atoms with van der Waals surface area (Å²) in [6, 6.07) is 0.235. The molecular weight excluding hydrogens is 166 g/mol. The van der Waals surface area contributed by atoms with E-state index in [2.05, 4.69) is 5.32 Å². The first-order valence-corrected chi connectivity index (χ1v) is 4.72. The summed E-state index contributed by atoms with van der Waals surface area (Å²) in [4.78, 5) is 23.0. The molecule has 1 saturated heterocycles. The average Bonchev–Trinajstić information content (AvgIpc) is 2.12. The van der Waals surface area contributed by atoms with Crippen LogP contribution in [0.3, 0.4) is 0 Å². The molecule has 2 unspecified atom stereocenters. The van der Waals surface area contributed by atoms with E-state index in [4.69, 9.17) is 0 Å². The molecule has 2 atom stereocenters. The van der Waals surface area contributed by atoms with Crippen LogP contribution in [0.5, 0.6) is 0 Å². The van der Waals surface area contributed by atoms with E-state index in [-0.39, 0.29) is 23.7 Å². The Morgan fingerprint density at radius 2 is 2.23 bits per heavy atom. The Hall–Kier alpha value is -1.12. The summed E-state index contributed by atoms with van der Waals surface area (Å²) in [6.45, 7) is 1.82. The Kier molecular flexibility index (Phi) is 1.94. The van der Waals surface area contributed by atoms with Crippen LogP contribution in [0.1, 0.15) is 26.2 Å². The number of piperidine rings is 1. The van der Waals surface area contributed by atoms with Gasteiger partial charge in [0.1, 0.15) is 5.78 Å². The van der Waals surface area contributed by atoms with E-state index in [0.29, 0.717) is 12.0 Å². The van der Waals surface area contributed by atoms with Crippen molar-refractivity contribution >= 4 is 11.7 Å². The molecule has 1 aliphatic heterocycles. The van der Waals surface area contributed by atoms with Crippen molar-refractivity contribution in [2.24, 2.45) is 5.92 Å². The van der Waals surface area contributed by atoms with Crippen LogP contribution in [0.25, 0.3) is 0 Å². The summed E-state index contributed by atoms with van der Waals surface area (Å²) >= 11 is 0. The Bertz CT molecular complexity index is 293. The Balaban J connectivity index is 2.30. The van der Waals surface area contributed by atoms with Gasteiger partial charge < -0.3 is 5.32 Å². The van der Waals surface area contributed by atoms with Crippen molar-refractivity contribution in [1.29, 1.82) is 0 Å². The van der Waals surface area contributed by atoms with Crippen LogP contribution in [-0.4, -0.2) is 17.7 Å². The van der Waals surface area contributed by atoms with Crippen molar-refractivity contribution in [3.05, 3.63) is 11.6 Å². The van der Waals surface area contributed by atoms with E-state index >= 15 is 0 Å². The van der Waals surface area contributed by atoms with Crippen molar-refractivity contribution in [2.75, 3.05) is 0 Å². The normalized spacial score (nSPS) is 36.2. The quantitative estimate of drug-likeness (QED) is 0.559. The molecule has 3 heteroatoms. The maximum Gasteiger partial charge on any atom is 0.247 e. The molecule has 0 spiro atoms. The highest BCUT2D eigenvalue weighted by atomic mass is 16.2. The molecule has 0 aromatic rings. The highest BCUT2D eigenvalue weighted by Gasteiger charge is 2.38. The Labute approximate surface area is 77.2 Å². The molecule has 1 aliphatic carbocycles. The SMILES string of the molecule is CC=C1C(=O)NC2CCC(=O)C1C2. The zero-order valence-corrected chi connectivity index (χ0v) is 7.67. The highest BCUT2D eigenvalue weighted by molar-refractivity contribution is 6.02. The van der Waals surface area contributed by atoms with E-state index < -0.39 is 0 Å². The lowest BCUT2D eigenvalue weighted by Gasteiger charge is -2.35. The number of carbonyl (C=O) groups is 2. The minimum atomic E-state index is -0.113. The van der Waals surface area contributed by atoms with Gasteiger partial charge in [0, 0.05) is 24.0 Å². The number of fused-ring (bicyclic) bond motifs is 2. The fourth-order valence-electron chi connectivity index (χ4n) is 2.22. The number of nitrogens with one attached hydrogen (secondary N) is 1. The van der Waals surface area contributed by atoms with Crippen molar-refractivity contribution in [2.45, 2.75) is 32.2 Å². The van der Waals surface area contributed by atoms with Crippen LogP contribution in [-0.2, 0) is 9.59 Å². The van der Waals surface area contributed by atoms with Gasteiger partial charge in [0.25, 0.3) is 0 Å². The fourth-order valence-corrected chi connectivity index (χ4v) is 2.22. The highest BCUT2D eigenvalue weighted by Crippen LogP contribution is 2.31. The number of allylic oxidation sites excluding steroid dienone is 1. The molecule has 13 heavy (non-hydrogen) atoms. The lowest BCUT2D eigenvalue weighted by molar-refractivity contribution is -0.130. The monoisotopic (exact) mass is 179 g/mol. The van der Waals surface area contributed by atoms with E-state index in [9.17, 15) is 9.59 Å². The first-order chi connectivity index (χ1) is 6.22. The van der Waals surface area contributed by atoms with Crippen LogP contribution in [0.15, 0.2) is 11.6 Å². The molecule has 2 aliphatic rings. The number of hydrogen-bond acceptors (Lipinski definition) is 2. The third kappa shape index (κ3) is 1.28. The van der Waals surface area contributed by atoms with Crippen LogP contribution in [0, 0.1) is 5.92 Å². The predicted molar refractivity (Wildman–Crippen MR) is 48.0 cm³/mol. The maximum absolute atomic E-state index is 11.5.